The summed E-state index contributed by atoms with van der Waals surface area (Å²) in [6, 6.07) is 13.4. The van der Waals surface area contributed by atoms with Crippen LogP contribution in [0.3, 0.4) is 0 Å². The Morgan fingerprint density at radius 2 is 1.63 bits per heavy atom. The number of hydrogen-bond donors (Lipinski definition) is 2. The van der Waals surface area contributed by atoms with Gasteiger partial charge in [-0.05, 0) is 41.8 Å². The molecule has 2 aromatic rings. The monoisotopic (exact) mass is 276 g/mol. The van der Waals surface area contributed by atoms with E-state index < -0.39 is 11.9 Å². The highest BCUT2D eigenvalue weighted by molar-refractivity contribution is 6.30. The lowest BCUT2D eigenvalue weighted by atomic mass is 9.92. The second-order valence-electron chi connectivity index (χ2n) is 4.31. The first-order valence-electron chi connectivity index (χ1n) is 5.82. The molecule has 0 aromatic heterocycles. The minimum absolute atomic E-state index is 0.169. The van der Waals surface area contributed by atoms with Gasteiger partial charge in [0.1, 0.15) is 5.75 Å². The van der Waals surface area contributed by atoms with Gasteiger partial charge in [-0.2, -0.15) is 0 Å². The summed E-state index contributed by atoms with van der Waals surface area (Å²) < 4.78 is 0. The van der Waals surface area contributed by atoms with E-state index in [1.165, 1.54) is 0 Å². The molecule has 0 spiro atoms. The summed E-state index contributed by atoms with van der Waals surface area (Å²) >= 11 is 5.80. The van der Waals surface area contributed by atoms with Crippen molar-refractivity contribution in [3.05, 3.63) is 64.7 Å². The van der Waals surface area contributed by atoms with Crippen LogP contribution in [0, 0.1) is 0 Å². The summed E-state index contributed by atoms with van der Waals surface area (Å²) in [5.74, 6) is -1.33. The molecule has 0 aliphatic rings. The third-order valence-corrected chi connectivity index (χ3v) is 3.20. The molecule has 0 amide bonds. The van der Waals surface area contributed by atoms with Crippen LogP contribution in [0.25, 0.3) is 0 Å². The largest absolute Gasteiger partial charge is 0.508 e. The Morgan fingerprint density at radius 3 is 2.16 bits per heavy atom. The molecular formula is C15H13ClO3. The highest BCUT2D eigenvalue weighted by Gasteiger charge is 2.20. The van der Waals surface area contributed by atoms with Crippen LogP contribution >= 0.6 is 11.6 Å². The standard InChI is InChI=1S/C15H13ClO3/c16-12-5-3-11(4-6-12)14(15(18)19)9-10-1-7-13(17)8-2-10/h1-8,14,17H,9H2,(H,18,19). The van der Waals surface area contributed by atoms with E-state index in [9.17, 15) is 15.0 Å². The van der Waals surface area contributed by atoms with Gasteiger partial charge >= 0.3 is 5.97 Å². The number of carboxylic acids is 1. The van der Waals surface area contributed by atoms with Gasteiger partial charge in [0, 0.05) is 5.02 Å². The highest BCUT2D eigenvalue weighted by Crippen LogP contribution is 2.24. The molecule has 2 N–H and O–H groups in total. The van der Waals surface area contributed by atoms with Crippen molar-refractivity contribution in [3.8, 4) is 5.75 Å². The van der Waals surface area contributed by atoms with Crippen molar-refractivity contribution in [3.63, 3.8) is 0 Å². The predicted octanol–water partition coefficient (Wildman–Crippen LogP) is 3.46. The zero-order chi connectivity index (χ0) is 13.8. The van der Waals surface area contributed by atoms with Gasteiger partial charge in [0.2, 0.25) is 0 Å². The summed E-state index contributed by atoms with van der Waals surface area (Å²) in [5.41, 5.74) is 1.57. The fourth-order valence-corrected chi connectivity index (χ4v) is 2.04. The van der Waals surface area contributed by atoms with E-state index in [1.807, 2.05) is 0 Å². The van der Waals surface area contributed by atoms with Crippen LogP contribution in [0.4, 0.5) is 0 Å². The van der Waals surface area contributed by atoms with Gasteiger partial charge in [0.05, 0.1) is 5.92 Å². The molecule has 98 valence electrons. The Labute approximate surface area is 116 Å². The first-order valence-corrected chi connectivity index (χ1v) is 6.20. The van der Waals surface area contributed by atoms with Crippen LogP contribution < -0.4 is 0 Å². The second-order valence-corrected chi connectivity index (χ2v) is 4.75. The van der Waals surface area contributed by atoms with E-state index in [1.54, 1.807) is 48.5 Å². The molecule has 0 aliphatic heterocycles. The summed E-state index contributed by atoms with van der Waals surface area (Å²) in [6.07, 6.45) is 0.372. The van der Waals surface area contributed by atoms with Crippen molar-refractivity contribution in [2.24, 2.45) is 0 Å². The molecular weight excluding hydrogens is 264 g/mol. The molecule has 0 heterocycles. The first-order chi connectivity index (χ1) is 9.06. The van der Waals surface area contributed by atoms with Crippen molar-refractivity contribution in [2.75, 3.05) is 0 Å². The molecule has 2 rings (SSSR count). The van der Waals surface area contributed by atoms with E-state index in [4.69, 9.17) is 11.6 Å². The third kappa shape index (κ3) is 3.48. The molecule has 0 fully saturated rings. The zero-order valence-electron chi connectivity index (χ0n) is 10.1. The van der Waals surface area contributed by atoms with Crippen LogP contribution in [0.1, 0.15) is 17.0 Å². The Morgan fingerprint density at radius 1 is 1.05 bits per heavy atom. The van der Waals surface area contributed by atoms with E-state index in [0.29, 0.717) is 17.0 Å². The Balaban J connectivity index is 2.23. The molecule has 4 heteroatoms. The minimum Gasteiger partial charge on any atom is -0.508 e. The molecule has 0 saturated carbocycles. The van der Waals surface area contributed by atoms with Crippen LogP contribution in [0.15, 0.2) is 48.5 Å². The van der Waals surface area contributed by atoms with Crippen LogP contribution in [-0.2, 0) is 11.2 Å². The lowest BCUT2D eigenvalue weighted by molar-refractivity contribution is -0.138. The maximum atomic E-state index is 11.4. The quantitative estimate of drug-likeness (QED) is 0.899. The fourth-order valence-electron chi connectivity index (χ4n) is 1.91. The Bertz CT molecular complexity index is 561. The molecule has 19 heavy (non-hydrogen) atoms. The average molecular weight is 277 g/mol. The van der Waals surface area contributed by atoms with E-state index in [0.717, 1.165) is 5.56 Å². The normalized spacial score (nSPS) is 12.1. The van der Waals surface area contributed by atoms with Gasteiger partial charge < -0.3 is 10.2 Å². The summed E-state index contributed by atoms with van der Waals surface area (Å²) in [4.78, 5) is 11.4. The van der Waals surface area contributed by atoms with Gasteiger partial charge in [0.15, 0.2) is 0 Å². The number of phenols is 1. The molecule has 0 aliphatic carbocycles. The Kier molecular flexibility index (Phi) is 4.07. The van der Waals surface area contributed by atoms with Gasteiger partial charge in [-0.1, -0.05) is 35.9 Å². The molecule has 0 bridgehead atoms. The SMILES string of the molecule is O=C(O)C(Cc1ccc(O)cc1)c1ccc(Cl)cc1. The number of rotatable bonds is 4. The molecule has 0 radical (unpaired) electrons. The topological polar surface area (TPSA) is 57.5 Å². The van der Waals surface area contributed by atoms with Gasteiger partial charge in [-0.15, -0.1) is 0 Å². The molecule has 1 atom stereocenters. The maximum Gasteiger partial charge on any atom is 0.311 e. The maximum absolute atomic E-state index is 11.4. The molecule has 2 aromatic carbocycles. The van der Waals surface area contributed by atoms with Gasteiger partial charge in [0.25, 0.3) is 0 Å². The summed E-state index contributed by atoms with van der Waals surface area (Å²) in [6.45, 7) is 0. The third-order valence-electron chi connectivity index (χ3n) is 2.95. The second kappa shape index (κ2) is 5.76. The van der Waals surface area contributed by atoms with Gasteiger partial charge in [-0.25, -0.2) is 0 Å². The fraction of sp³-hybridized carbons (Fsp3) is 0.133. The lowest BCUT2D eigenvalue weighted by Gasteiger charge is -2.13. The number of aliphatic carboxylic acids is 1. The molecule has 3 nitrogen and oxygen atoms in total. The van der Waals surface area contributed by atoms with E-state index in [2.05, 4.69) is 0 Å². The summed E-state index contributed by atoms with van der Waals surface area (Å²) in [7, 11) is 0. The smallest absolute Gasteiger partial charge is 0.311 e. The number of benzene rings is 2. The summed E-state index contributed by atoms with van der Waals surface area (Å²) in [5, 5.41) is 19.1. The zero-order valence-corrected chi connectivity index (χ0v) is 10.8. The average Bonchev–Trinajstić information content (AvgIpc) is 2.39. The van der Waals surface area contributed by atoms with Crippen molar-refractivity contribution in [1.82, 2.24) is 0 Å². The lowest BCUT2D eigenvalue weighted by Crippen LogP contribution is -2.14. The highest BCUT2D eigenvalue weighted by atomic mass is 35.5. The van der Waals surface area contributed by atoms with E-state index in [-0.39, 0.29) is 5.75 Å². The van der Waals surface area contributed by atoms with Crippen LogP contribution in [0.5, 0.6) is 5.75 Å². The van der Waals surface area contributed by atoms with Crippen molar-refractivity contribution in [2.45, 2.75) is 12.3 Å². The van der Waals surface area contributed by atoms with Gasteiger partial charge in [-0.3, -0.25) is 4.79 Å². The molecule has 1 unspecified atom stereocenters. The van der Waals surface area contributed by atoms with Crippen molar-refractivity contribution in [1.29, 1.82) is 0 Å². The van der Waals surface area contributed by atoms with E-state index >= 15 is 0 Å². The predicted molar refractivity (Wildman–Crippen MR) is 73.6 cm³/mol. The van der Waals surface area contributed by atoms with Crippen molar-refractivity contribution < 1.29 is 15.0 Å². The Hall–Kier alpha value is -2.00. The van der Waals surface area contributed by atoms with Crippen LogP contribution in [-0.4, -0.2) is 16.2 Å². The molecule has 0 saturated heterocycles. The van der Waals surface area contributed by atoms with Crippen LogP contribution in [0.2, 0.25) is 5.02 Å². The number of carbonyl (C=O) groups is 1. The first kappa shape index (κ1) is 13.4. The number of hydrogen-bond acceptors (Lipinski definition) is 2. The minimum atomic E-state index is -0.879. The number of halogens is 1. The van der Waals surface area contributed by atoms with Crippen molar-refractivity contribution >= 4 is 17.6 Å². The number of aromatic hydroxyl groups is 1. The number of carboxylic acid groups (broad SMARTS) is 1. The number of phenolic OH excluding ortho intramolecular Hbond substituents is 1.